The number of amides is 1. The van der Waals surface area contributed by atoms with Crippen molar-refractivity contribution < 1.29 is 4.79 Å². The Morgan fingerprint density at radius 1 is 1.21 bits per heavy atom. The molecule has 0 aliphatic rings. The molecule has 0 radical (unpaired) electrons. The lowest BCUT2D eigenvalue weighted by Gasteiger charge is -2.29. The summed E-state index contributed by atoms with van der Waals surface area (Å²) < 4.78 is 0. The molecule has 0 bridgehead atoms. The van der Waals surface area contributed by atoms with Gasteiger partial charge >= 0.3 is 0 Å². The normalized spacial score (nSPS) is 11.4. The quantitative estimate of drug-likeness (QED) is 0.782. The molecule has 0 aliphatic carbocycles. The number of carbonyl (C=O) groups excluding carboxylic acids is 1. The Kier molecular flexibility index (Phi) is 5.86. The number of hydrogen-bond donors (Lipinski definition) is 1. The monoisotopic (exact) mass is 281 g/mol. The standard InChI is InChI=1S/C16H24ClNO/c1-5-16(6-2,10-17)11-18-15(19)14-12(3)8-7-9-13(14)4/h7-9H,5-6,10-11H2,1-4H3,(H,18,19). The van der Waals surface area contributed by atoms with E-state index in [9.17, 15) is 4.79 Å². The highest BCUT2D eigenvalue weighted by Gasteiger charge is 2.26. The average Bonchev–Trinajstić information content (AvgIpc) is 2.41. The first-order valence-electron chi connectivity index (χ1n) is 6.90. The van der Waals surface area contributed by atoms with Gasteiger partial charge in [0.1, 0.15) is 0 Å². The summed E-state index contributed by atoms with van der Waals surface area (Å²) in [4.78, 5) is 12.3. The van der Waals surface area contributed by atoms with Gasteiger partial charge in [-0.1, -0.05) is 32.0 Å². The van der Waals surface area contributed by atoms with Crippen LogP contribution in [0.2, 0.25) is 0 Å². The van der Waals surface area contributed by atoms with Crippen molar-refractivity contribution in [2.75, 3.05) is 12.4 Å². The Balaban J connectivity index is 2.81. The molecule has 0 fully saturated rings. The predicted octanol–water partition coefficient (Wildman–Crippen LogP) is 4.08. The molecule has 0 heterocycles. The highest BCUT2D eigenvalue weighted by Crippen LogP contribution is 2.27. The van der Waals surface area contributed by atoms with Crippen LogP contribution in [-0.2, 0) is 0 Å². The molecular weight excluding hydrogens is 258 g/mol. The van der Waals surface area contributed by atoms with Crippen molar-refractivity contribution in [1.29, 1.82) is 0 Å². The van der Waals surface area contributed by atoms with Crippen LogP contribution in [0.4, 0.5) is 0 Å². The third kappa shape index (κ3) is 3.73. The van der Waals surface area contributed by atoms with Gasteiger partial charge in [0.2, 0.25) is 0 Å². The molecule has 2 nitrogen and oxygen atoms in total. The number of aryl methyl sites for hydroxylation is 2. The summed E-state index contributed by atoms with van der Waals surface area (Å²) in [5, 5.41) is 3.05. The first kappa shape index (κ1) is 16.0. The smallest absolute Gasteiger partial charge is 0.251 e. The van der Waals surface area contributed by atoms with E-state index in [4.69, 9.17) is 11.6 Å². The average molecular weight is 282 g/mol. The van der Waals surface area contributed by atoms with E-state index < -0.39 is 0 Å². The zero-order chi connectivity index (χ0) is 14.5. The maximum Gasteiger partial charge on any atom is 0.251 e. The van der Waals surface area contributed by atoms with Gasteiger partial charge in [0.05, 0.1) is 0 Å². The molecule has 0 saturated carbocycles. The number of rotatable bonds is 6. The van der Waals surface area contributed by atoms with E-state index in [0.29, 0.717) is 12.4 Å². The molecule has 1 N–H and O–H groups in total. The van der Waals surface area contributed by atoms with Crippen LogP contribution in [0.1, 0.15) is 48.2 Å². The number of halogens is 1. The van der Waals surface area contributed by atoms with Crippen LogP contribution >= 0.6 is 11.6 Å². The molecule has 0 atom stereocenters. The van der Waals surface area contributed by atoms with Crippen molar-refractivity contribution >= 4 is 17.5 Å². The topological polar surface area (TPSA) is 29.1 Å². The summed E-state index contributed by atoms with van der Waals surface area (Å²) in [6.07, 6.45) is 1.94. The number of hydrogen-bond acceptors (Lipinski definition) is 1. The Labute approximate surface area is 121 Å². The molecule has 3 heteroatoms. The predicted molar refractivity (Wildman–Crippen MR) is 82.0 cm³/mol. The minimum atomic E-state index is 0.00647. The lowest BCUT2D eigenvalue weighted by Crippen LogP contribution is -2.38. The van der Waals surface area contributed by atoms with E-state index >= 15 is 0 Å². The number of nitrogens with one attached hydrogen (secondary N) is 1. The summed E-state index contributed by atoms with van der Waals surface area (Å²) >= 11 is 6.07. The fourth-order valence-electron chi connectivity index (χ4n) is 2.27. The van der Waals surface area contributed by atoms with Gasteiger partial charge in [-0.25, -0.2) is 0 Å². The molecule has 0 aliphatic heterocycles. The van der Waals surface area contributed by atoms with Gasteiger partial charge in [0.15, 0.2) is 0 Å². The Hall–Kier alpha value is -1.02. The molecule has 1 amide bonds. The van der Waals surface area contributed by atoms with Crippen molar-refractivity contribution in [3.8, 4) is 0 Å². The van der Waals surface area contributed by atoms with Gasteiger partial charge in [-0.05, 0) is 37.8 Å². The largest absolute Gasteiger partial charge is 0.351 e. The highest BCUT2D eigenvalue weighted by molar-refractivity contribution is 6.18. The van der Waals surface area contributed by atoms with Gasteiger partial charge < -0.3 is 5.32 Å². The van der Waals surface area contributed by atoms with Gasteiger partial charge in [0, 0.05) is 23.4 Å². The SMILES string of the molecule is CCC(CC)(CCl)CNC(=O)c1c(C)cccc1C. The van der Waals surface area contributed by atoms with Crippen LogP contribution in [0.25, 0.3) is 0 Å². The Bertz CT molecular complexity index is 410. The van der Waals surface area contributed by atoms with E-state index in [1.165, 1.54) is 0 Å². The van der Waals surface area contributed by atoms with Crippen molar-refractivity contribution in [3.05, 3.63) is 34.9 Å². The van der Waals surface area contributed by atoms with Gasteiger partial charge in [-0.2, -0.15) is 0 Å². The van der Waals surface area contributed by atoms with Gasteiger partial charge in [0.25, 0.3) is 5.91 Å². The minimum Gasteiger partial charge on any atom is -0.351 e. The van der Waals surface area contributed by atoms with Crippen LogP contribution in [0.15, 0.2) is 18.2 Å². The van der Waals surface area contributed by atoms with Crippen molar-refractivity contribution in [2.24, 2.45) is 5.41 Å². The second-order valence-corrected chi connectivity index (χ2v) is 5.56. The summed E-state index contributed by atoms with van der Waals surface area (Å²) in [6, 6.07) is 5.91. The zero-order valence-corrected chi connectivity index (χ0v) is 13.1. The van der Waals surface area contributed by atoms with Crippen molar-refractivity contribution in [2.45, 2.75) is 40.5 Å². The molecule has 1 aromatic rings. The third-order valence-corrected chi connectivity index (χ3v) is 4.68. The van der Waals surface area contributed by atoms with E-state index in [2.05, 4.69) is 19.2 Å². The Morgan fingerprint density at radius 2 is 1.74 bits per heavy atom. The Morgan fingerprint density at radius 3 is 2.16 bits per heavy atom. The van der Waals surface area contributed by atoms with Crippen LogP contribution in [-0.4, -0.2) is 18.3 Å². The number of alkyl halides is 1. The number of benzene rings is 1. The van der Waals surface area contributed by atoms with E-state index in [-0.39, 0.29) is 11.3 Å². The van der Waals surface area contributed by atoms with E-state index in [1.807, 2.05) is 32.0 Å². The van der Waals surface area contributed by atoms with Gasteiger partial charge in [-0.15, -0.1) is 11.6 Å². The van der Waals surface area contributed by atoms with Crippen LogP contribution in [0, 0.1) is 19.3 Å². The van der Waals surface area contributed by atoms with Crippen LogP contribution in [0.5, 0.6) is 0 Å². The third-order valence-electron chi connectivity index (χ3n) is 4.12. The summed E-state index contributed by atoms with van der Waals surface area (Å²) in [6.45, 7) is 8.82. The molecule has 0 unspecified atom stereocenters. The molecule has 106 valence electrons. The van der Waals surface area contributed by atoms with Crippen LogP contribution in [0.3, 0.4) is 0 Å². The lowest BCUT2D eigenvalue weighted by atomic mass is 9.84. The summed E-state index contributed by atoms with van der Waals surface area (Å²) in [5.41, 5.74) is 2.83. The first-order chi connectivity index (χ1) is 8.99. The van der Waals surface area contributed by atoms with Gasteiger partial charge in [-0.3, -0.25) is 4.79 Å². The maximum atomic E-state index is 12.3. The van der Waals surface area contributed by atoms with Crippen molar-refractivity contribution in [1.82, 2.24) is 5.32 Å². The minimum absolute atomic E-state index is 0.00647. The molecular formula is C16H24ClNO. The van der Waals surface area contributed by atoms with E-state index in [1.54, 1.807) is 0 Å². The second kappa shape index (κ2) is 6.95. The maximum absolute atomic E-state index is 12.3. The summed E-state index contributed by atoms with van der Waals surface area (Å²) in [5.74, 6) is 0.583. The molecule has 0 aromatic heterocycles. The van der Waals surface area contributed by atoms with Crippen molar-refractivity contribution in [3.63, 3.8) is 0 Å². The molecule has 0 spiro atoms. The highest BCUT2D eigenvalue weighted by atomic mass is 35.5. The van der Waals surface area contributed by atoms with Crippen LogP contribution < -0.4 is 5.32 Å². The van der Waals surface area contributed by atoms with E-state index in [0.717, 1.165) is 29.5 Å². The second-order valence-electron chi connectivity index (χ2n) is 5.29. The molecule has 1 rings (SSSR count). The summed E-state index contributed by atoms with van der Waals surface area (Å²) in [7, 11) is 0. The zero-order valence-electron chi connectivity index (χ0n) is 12.3. The fraction of sp³-hybridized carbons (Fsp3) is 0.562. The number of carbonyl (C=O) groups is 1. The molecule has 19 heavy (non-hydrogen) atoms. The lowest BCUT2D eigenvalue weighted by molar-refractivity contribution is 0.0930. The fourth-order valence-corrected chi connectivity index (χ4v) is 2.74. The molecule has 1 aromatic carbocycles. The first-order valence-corrected chi connectivity index (χ1v) is 7.43. The molecule has 0 saturated heterocycles.